The van der Waals surface area contributed by atoms with Crippen LogP contribution in [0.15, 0.2) is 24.3 Å². The monoisotopic (exact) mass is 360 g/mol. The molecular formula is C18H24N4O4. The zero-order valence-electron chi connectivity index (χ0n) is 14.9. The molecule has 2 fully saturated rings. The summed E-state index contributed by atoms with van der Waals surface area (Å²) in [6.07, 6.45) is 2.01. The van der Waals surface area contributed by atoms with Crippen LogP contribution in [0.4, 0.5) is 10.5 Å². The number of benzene rings is 1. The van der Waals surface area contributed by atoms with Crippen molar-refractivity contribution in [3.8, 4) is 5.75 Å². The Morgan fingerprint density at radius 3 is 2.54 bits per heavy atom. The maximum absolute atomic E-state index is 12.5. The molecule has 26 heavy (non-hydrogen) atoms. The van der Waals surface area contributed by atoms with Crippen molar-refractivity contribution in [3.05, 3.63) is 24.3 Å². The third-order valence-electron chi connectivity index (χ3n) is 4.28. The van der Waals surface area contributed by atoms with E-state index in [0.717, 1.165) is 24.3 Å². The van der Waals surface area contributed by atoms with Gasteiger partial charge in [0.15, 0.2) is 0 Å². The fraction of sp³-hybridized carbons (Fsp3) is 0.500. The number of nitrogens with one attached hydrogen (secondary N) is 2. The minimum absolute atomic E-state index is 0.0525. The molecule has 140 valence electrons. The molecule has 0 radical (unpaired) electrons. The minimum Gasteiger partial charge on any atom is -0.494 e. The van der Waals surface area contributed by atoms with Crippen LogP contribution >= 0.6 is 0 Å². The molecule has 4 amide bonds. The van der Waals surface area contributed by atoms with Gasteiger partial charge in [-0.2, -0.15) is 0 Å². The highest BCUT2D eigenvalue weighted by molar-refractivity contribution is 5.96. The van der Waals surface area contributed by atoms with Crippen LogP contribution in [-0.2, 0) is 9.59 Å². The van der Waals surface area contributed by atoms with Crippen molar-refractivity contribution in [2.75, 3.05) is 37.7 Å². The topological polar surface area (TPSA) is 91.0 Å². The number of hydrogen-bond donors (Lipinski definition) is 2. The molecule has 0 atom stereocenters. The van der Waals surface area contributed by atoms with Crippen LogP contribution in [0, 0.1) is 0 Å². The first-order chi connectivity index (χ1) is 12.6. The molecule has 1 saturated heterocycles. The molecule has 1 heterocycles. The van der Waals surface area contributed by atoms with E-state index < -0.39 is 0 Å². The van der Waals surface area contributed by atoms with Gasteiger partial charge in [-0.15, -0.1) is 0 Å². The SMILES string of the molecule is CCOc1ccc(N2CCN(CC(=O)NCC(=O)NC3CC3)C2=O)cc1. The lowest BCUT2D eigenvalue weighted by molar-refractivity contribution is -0.126. The Labute approximate surface area is 152 Å². The molecule has 0 aromatic heterocycles. The summed E-state index contributed by atoms with van der Waals surface area (Å²) in [5, 5.41) is 5.36. The van der Waals surface area contributed by atoms with Crippen molar-refractivity contribution in [1.82, 2.24) is 15.5 Å². The van der Waals surface area contributed by atoms with Crippen molar-refractivity contribution in [2.45, 2.75) is 25.8 Å². The molecule has 0 unspecified atom stereocenters. The summed E-state index contributed by atoms with van der Waals surface area (Å²) < 4.78 is 5.40. The Bertz CT molecular complexity index is 672. The van der Waals surface area contributed by atoms with Crippen molar-refractivity contribution in [3.63, 3.8) is 0 Å². The van der Waals surface area contributed by atoms with Gasteiger partial charge < -0.3 is 20.3 Å². The van der Waals surface area contributed by atoms with Crippen LogP contribution in [0.3, 0.4) is 0 Å². The molecule has 1 aliphatic carbocycles. The van der Waals surface area contributed by atoms with E-state index >= 15 is 0 Å². The summed E-state index contributed by atoms with van der Waals surface area (Å²) in [6, 6.07) is 7.34. The molecule has 1 aromatic rings. The first-order valence-electron chi connectivity index (χ1n) is 8.92. The van der Waals surface area contributed by atoms with Crippen molar-refractivity contribution >= 4 is 23.5 Å². The molecular weight excluding hydrogens is 336 g/mol. The van der Waals surface area contributed by atoms with E-state index in [1.165, 1.54) is 4.90 Å². The summed E-state index contributed by atoms with van der Waals surface area (Å²) >= 11 is 0. The normalized spacial score (nSPS) is 16.6. The average Bonchev–Trinajstić information content (AvgIpc) is 3.37. The van der Waals surface area contributed by atoms with Gasteiger partial charge in [-0.1, -0.05) is 0 Å². The highest BCUT2D eigenvalue weighted by atomic mass is 16.5. The number of carbonyl (C=O) groups is 3. The van der Waals surface area contributed by atoms with Crippen molar-refractivity contribution in [2.24, 2.45) is 0 Å². The molecule has 8 heteroatoms. The Morgan fingerprint density at radius 1 is 1.15 bits per heavy atom. The van der Waals surface area contributed by atoms with E-state index in [9.17, 15) is 14.4 Å². The third-order valence-corrected chi connectivity index (χ3v) is 4.28. The number of anilines is 1. The molecule has 0 spiro atoms. The molecule has 2 N–H and O–H groups in total. The summed E-state index contributed by atoms with van der Waals surface area (Å²) in [6.45, 7) is 3.37. The second kappa shape index (κ2) is 8.07. The van der Waals surface area contributed by atoms with Gasteiger partial charge >= 0.3 is 6.03 Å². The number of urea groups is 1. The highest BCUT2D eigenvalue weighted by Gasteiger charge is 2.31. The molecule has 1 aliphatic heterocycles. The Kier molecular flexibility index (Phi) is 5.60. The van der Waals surface area contributed by atoms with E-state index in [0.29, 0.717) is 19.7 Å². The Balaban J connectivity index is 1.46. The summed E-state index contributed by atoms with van der Waals surface area (Å²) in [5.74, 6) is 0.228. The average molecular weight is 360 g/mol. The van der Waals surface area contributed by atoms with Gasteiger partial charge in [0.1, 0.15) is 12.3 Å². The minimum atomic E-state index is -0.335. The largest absolute Gasteiger partial charge is 0.494 e. The molecule has 0 bridgehead atoms. The number of hydrogen-bond acceptors (Lipinski definition) is 4. The summed E-state index contributed by atoms with van der Waals surface area (Å²) in [4.78, 5) is 39.2. The van der Waals surface area contributed by atoms with Crippen molar-refractivity contribution < 1.29 is 19.1 Å². The van der Waals surface area contributed by atoms with Gasteiger partial charge in [-0.3, -0.25) is 14.5 Å². The fourth-order valence-electron chi connectivity index (χ4n) is 2.77. The molecule has 1 saturated carbocycles. The van der Waals surface area contributed by atoms with Crippen molar-refractivity contribution in [1.29, 1.82) is 0 Å². The zero-order chi connectivity index (χ0) is 18.5. The Morgan fingerprint density at radius 2 is 1.88 bits per heavy atom. The fourth-order valence-corrected chi connectivity index (χ4v) is 2.77. The van der Waals surface area contributed by atoms with E-state index in [2.05, 4.69) is 10.6 Å². The maximum Gasteiger partial charge on any atom is 0.325 e. The molecule has 8 nitrogen and oxygen atoms in total. The predicted octanol–water partition coefficient (Wildman–Crippen LogP) is 0.722. The zero-order valence-corrected chi connectivity index (χ0v) is 14.9. The van der Waals surface area contributed by atoms with Gasteiger partial charge in [0, 0.05) is 24.8 Å². The standard InChI is InChI=1S/C18H24N4O4/c1-2-26-15-7-5-14(6-8-15)22-10-9-21(18(22)25)12-17(24)19-11-16(23)20-13-3-4-13/h5-8,13H,2-4,9-12H2,1H3,(H,19,24)(H,20,23). The van der Waals surface area contributed by atoms with Crippen LogP contribution in [0.25, 0.3) is 0 Å². The van der Waals surface area contributed by atoms with E-state index in [4.69, 9.17) is 4.74 Å². The van der Waals surface area contributed by atoms with Gasteiger partial charge in [-0.25, -0.2) is 4.79 Å². The van der Waals surface area contributed by atoms with Crippen LogP contribution < -0.4 is 20.3 Å². The highest BCUT2D eigenvalue weighted by Crippen LogP contribution is 2.23. The number of nitrogens with zero attached hydrogens (tertiary/aromatic N) is 2. The van der Waals surface area contributed by atoms with Gasteiger partial charge in [0.2, 0.25) is 11.8 Å². The smallest absolute Gasteiger partial charge is 0.325 e. The lowest BCUT2D eigenvalue weighted by Crippen LogP contribution is -2.43. The van der Waals surface area contributed by atoms with Gasteiger partial charge in [0.25, 0.3) is 0 Å². The van der Waals surface area contributed by atoms with Crippen LogP contribution in [-0.4, -0.2) is 61.6 Å². The van der Waals surface area contributed by atoms with E-state index in [1.807, 2.05) is 31.2 Å². The van der Waals surface area contributed by atoms with E-state index in [-0.39, 0.29) is 37.0 Å². The van der Waals surface area contributed by atoms with Gasteiger partial charge in [0.05, 0.1) is 13.2 Å². The lowest BCUT2D eigenvalue weighted by Gasteiger charge is -2.18. The summed E-state index contributed by atoms with van der Waals surface area (Å²) in [5.41, 5.74) is 0.769. The molecule has 3 rings (SSSR count). The molecule has 1 aromatic carbocycles. The number of rotatable bonds is 8. The molecule has 2 aliphatic rings. The summed E-state index contributed by atoms with van der Waals surface area (Å²) in [7, 11) is 0. The van der Waals surface area contributed by atoms with Gasteiger partial charge in [-0.05, 0) is 44.0 Å². The Hall–Kier alpha value is -2.77. The third kappa shape index (κ3) is 4.65. The first-order valence-corrected chi connectivity index (χ1v) is 8.92. The second-order valence-electron chi connectivity index (χ2n) is 6.40. The van der Waals surface area contributed by atoms with Crippen LogP contribution in [0.5, 0.6) is 5.75 Å². The van der Waals surface area contributed by atoms with Crippen LogP contribution in [0.2, 0.25) is 0 Å². The predicted molar refractivity (Wildman–Crippen MR) is 96.1 cm³/mol. The lowest BCUT2D eigenvalue weighted by atomic mass is 10.3. The number of ether oxygens (including phenoxy) is 1. The first kappa shape index (κ1) is 18.0. The number of amides is 4. The quantitative estimate of drug-likeness (QED) is 0.715. The maximum atomic E-state index is 12.5. The number of carbonyl (C=O) groups excluding carboxylic acids is 3. The van der Waals surface area contributed by atoms with E-state index in [1.54, 1.807) is 4.90 Å². The van der Waals surface area contributed by atoms with Crippen LogP contribution in [0.1, 0.15) is 19.8 Å². The second-order valence-corrected chi connectivity index (χ2v) is 6.40.